The van der Waals surface area contributed by atoms with E-state index >= 15 is 0 Å². The Morgan fingerprint density at radius 1 is 1.22 bits per heavy atom. The topological polar surface area (TPSA) is 87.5 Å². The summed E-state index contributed by atoms with van der Waals surface area (Å²) in [5.41, 5.74) is 2.82. The molecule has 196 valence electrons. The van der Waals surface area contributed by atoms with E-state index in [0.29, 0.717) is 40.5 Å². The third-order valence-corrected chi connectivity index (χ3v) is 7.36. The number of allylic oxidation sites excluding steroid dienone is 1. The van der Waals surface area contributed by atoms with Crippen LogP contribution in [-0.2, 0) is 16.1 Å². The van der Waals surface area contributed by atoms with Gasteiger partial charge in [0.25, 0.3) is 0 Å². The number of aromatic nitrogens is 3. The van der Waals surface area contributed by atoms with Crippen LogP contribution in [0.25, 0.3) is 0 Å². The Balaban J connectivity index is 1.75. The standard InChI is InChI=1S/C27H31BrN4O4S/c1-5-7-13-37-27-30-26-29-17(3)22(25(33)36-16-18-11-9-8-10-12-18)23(32(26)31-27)19-14-20(28)24(35-6-2)21(15-19)34-4/h8-12,14-15,23H,5-7,13,16H2,1-4H3,(H,29,30,31). The molecule has 0 aliphatic carbocycles. The molecule has 0 radical (unpaired) electrons. The minimum atomic E-state index is -0.576. The number of esters is 1. The van der Waals surface area contributed by atoms with E-state index in [4.69, 9.17) is 24.3 Å². The maximum absolute atomic E-state index is 13.5. The summed E-state index contributed by atoms with van der Waals surface area (Å²) in [6.07, 6.45) is 2.17. The van der Waals surface area contributed by atoms with Gasteiger partial charge in [-0.15, -0.1) is 5.10 Å². The molecular weight excluding hydrogens is 556 g/mol. The van der Waals surface area contributed by atoms with E-state index < -0.39 is 12.0 Å². The van der Waals surface area contributed by atoms with Gasteiger partial charge in [0.1, 0.15) is 12.6 Å². The van der Waals surface area contributed by atoms with Crippen molar-refractivity contribution in [2.24, 2.45) is 0 Å². The molecule has 4 rings (SSSR count). The lowest BCUT2D eigenvalue weighted by Gasteiger charge is -2.28. The number of nitrogens with one attached hydrogen (secondary N) is 1. The van der Waals surface area contributed by atoms with Gasteiger partial charge in [0.2, 0.25) is 11.1 Å². The summed E-state index contributed by atoms with van der Waals surface area (Å²) >= 11 is 5.23. The molecule has 2 aromatic carbocycles. The van der Waals surface area contributed by atoms with Crippen LogP contribution >= 0.6 is 27.7 Å². The van der Waals surface area contributed by atoms with Gasteiger partial charge in [-0.1, -0.05) is 55.4 Å². The van der Waals surface area contributed by atoms with Gasteiger partial charge < -0.3 is 19.5 Å². The maximum atomic E-state index is 13.5. The lowest BCUT2D eigenvalue weighted by Crippen LogP contribution is -2.29. The van der Waals surface area contributed by atoms with Crippen LogP contribution in [0.2, 0.25) is 0 Å². The molecule has 37 heavy (non-hydrogen) atoms. The van der Waals surface area contributed by atoms with E-state index in [1.54, 1.807) is 23.6 Å². The Kier molecular flexibility index (Phi) is 9.15. The maximum Gasteiger partial charge on any atom is 0.338 e. The van der Waals surface area contributed by atoms with Crippen LogP contribution in [0.1, 0.15) is 50.8 Å². The number of carbonyl (C=O) groups excluding carboxylic acids is 1. The highest BCUT2D eigenvalue weighted by molar-refractivity contribution is 9.10. The van der Waals surface area contributed by atoms with Crippen molar-refractivity contribution in [1.29, 1.82) is 0 Å². The normalized spacial score (nSPS) is 14.7. The molecule has 10 heteroatoms. The number of anilines is 1. The predicted molar refractivity (Wildman–Crippen MR) is 148 cm³/mol. The Hall–Kier alpha value is -2.98. The van der Waals surface area contributed by atoms with Crippen LogP contribution < -0.4 is 14.8 Å². The molecule has 1 aliphatic rings. The summed E-state index contributed by atoms with van der Waals surface area (Å²) < 4.78 is 19.7. The van der Waals surface area contributed by atoms with Gasteiger partial charge in [0.15, 0.2) is 11.5 Å². The molecular formula is C27H31BrN4O4S. The number of rotatable bonds is 11. The SMILES string of the molecule is CCCCSc1nc2n(n1)C(c1cc(Br)c(OCC)c(OC)c1)C(C(=O)OCc1ccccc1)=C(C)N2. The number of ether oxygens (including phenoxy) is 3. The van der Waals surface area contributed by atoms with Gasteiger partial charge in [-0.3, -0.25) is 0 Å². The molecule has 0 bridgehead atoms. The van der Waals surface area contributed by atoms with Gasteiger partial charge in [0.05, 0.1) is 23.8 Å². The zero-order valence-corrected chi connectivity index (χ0v) is 23.8. The average Bonchev–Trinajstić information content (AvgIpc) is 3.30. The Morgan fingerprint density at radius 2 is 2.00 bits per heavy atom. The Bertz CT molecular complexity index is 1280. The number of carbonyl (C=O) groups is 1. The van der Waals surface area contributed by atoms with Crippen LogP contribution in [0.15, 0.2) is 63.4 Å². The molecule has 3 aromatic rings. The van der Waals surface area contributed by atoms with Gasteiger partial charge in [0, 0.05) is 11.4 Å². The van der Waals surface area contributed by atoms with Crippen LogP contribution in [0, 0.1) is 0 Å². The first kappa shape index (κ1) is 27.1. The van der Waals surface area contributed by atoms with Crippen molar-refractivity contribution in [1.82, 2.24) is 14.8 Å². The van der Waals surface area contributed by atoms with E-state index in [9.17, 15) is 4.79 Å². The molecule has 2 heterocycles. The third-order valence-electron chi connectivity index (χ3n) is 5.85. The summed E-state index contributed by atoms with van der Waals surface area (Å²) in [5, 5.41) is 8.71. The first-order chi connectivity index (χ1) is 18.0. The molecule has 1 N–H and O–H groups in total. The fraction of sp³-hybridized carbons (Fsp3) is 0.370. The number of benzene rings is 2. The van der Waals surface area contributed by atoms with Crippen LogP contribution in [0.5, 0.6) is 11.5 Å². The minimum Gasteiger partial charge on any atom is -0.493 e. The van der Waals surface area contributed by atoms with Crippen LogP contribution in [0.4, 0.5) is 5.95 Å². The quantitative estimate of drug-likeness (QED) is 0.157. The molecule has 1 atom stereocenters. The fourth-order valence-corrected chi connectivity index (χ4v) is 5.54. The van der Waals surface area contributed by atoms with Crippen molar-refractivity contribution in [2.75, 3.05) is 24.8 Å². The Labute approximate surface area is 229 Å². The summed E-state index contributed by atoms with van der Waals surface area (Å²) in [5.74, 6) is 2.23. The summed E-state index contributed by atoms with van der Waals surface area (Å²) in [6.45, 7) is 6.58. The molecule has 1 unspecified atom stereocenters. The highest BCUT2D eigenvalue weighted by Gasteiger charge is 2.36. The van der Waals surface area contributed by atoms with Gasteiger partial charge in [-0.2, -0.15) is 4.98 Å². The van der Waals surface area contributed by atoms with Crippen molar-refractivity contribution >= 4 is 39.6 Å². The van der Waals surface area contributed by atoms with Crippen molar-refractivity contribution in [3.63, 3.8) is 0 Å². The second-order valence-electron chi connectivity index (χ2n) is 8.46. The second-order valence-corrected chi connectivity index (χ2v) is 10.4. The minimum absolute atomic E-state index is 0.168. The first-order valence-corrected chi connectivity index (χ1v) is 14.0. The molecule has 0 fully saturated rings. The lowest BCUT2D eigenvalue weighted by atomic mass is 9.95. The van der Waals surface area contributed by atoms with Crippen LogP contribution in [-0.4, -0.2) is 40.2 Å². The number of halogens is 1. The fourth-order valence-electron chi connectivity index (χ4n) is 4.06. The molecule has 1 aliphatic heterocycles. The second kappa shape index (κ2) is 12.5. The largest absolute Gasteiger partial charge is 0.493 e. The first-order valence-electron chi connectivity index (χ1n) is 12.2. The number of hydrogen-bond donors (Lipinski definition) is 1. The number of fused-ring (bicyclic) bond motifs is 1. The number of nitrogens with zero attached hydrogens (tertiary/aromatic N) is 3. The lowest BCUT2D eigenvalue weighted by molar-refractivity contribution is -0.140. The molecule has 0 spiro atoms. The number of unbranched alkanes of at least 4 members (excludes halogenated alkanes) is 1. The zero-order valence-electron chi connectivity index (χ0n) is 21.4. The molecule has 0 saturated heterocycles. The van der Waals surface area contributed by atoms with Crippen molar-refractivity contribution in [3.8, 4) is 11.5 Å². The zero-order chi connectivity index (χ0) is 26.4. The predicted octanol–water partition coefficient (Wildman–Crippen LogP) is 6.37. The van der Waals surface area contributed by atoms with E-state index in [2.05, 4.69) is 28.2 Å². The number of thioether (sulfide) groups is 1. The smallest absolute Gasteiger partial charge is 0.338 e. The van der Waals surface area contributed by atoms with Crippen molar-refractivity contribution < 1.29 is 19.0 Å². The van der Waals surface area contributed by atoms with Gasteiger partial charge in [-0.25, -0.2) is 9.48 Å². The van der Waals surface area contributed by atoms with Crippen molar-refractivity contribution in [3.05, 3.63) is 69.3 Å². The third kappa shape index (κ3) is 6.13. The highest BCUT2D eigenvalue weighted by atomic mass is 79.9. The summed E-state index contributed by atoms with van der Waals surface area (Å²) in [6, 6.07) is 12.8. The monoisotopic (exact) mass is 586 g/mol. The van der Waals surface area contributed by atoms with E-state index in [1.807, 2.05) is 56.3 Å². The van der Waals surface area contributed by atoms with Crippen molar-refractivity contribution in [2.45, 2.75) is 51.4 Å². The van der Waals surface area contributed by atoms with E-state index in [-0.39, 0.29) is 6.61 Å². The summed E-state index contributed by atoms with van der Waals surface area (Å²) in [7, 11) is 1.59. The molecule has 8 nitrogen and oxygen atoms in total. The number of hydrogen-bond acceptors (Lipinski definition) is 8. The summed E-state index contributed by atoms with van der Waals surface area (Å²) in [4.78, 5) is 18.2. The van der Waals surface area contributed by atoms with Gasteiger partial charge >= 0.3 is 5.97 Å². The highest BCUT2D eigenvalue weighted by Crippen LogP contribution is 2.43. The molecule has 0 amide bonds. The van der Waals surface area contributed by atoms with E-state index in [1.165, 1.54) is 0 Å². The average molecular weight is 588 g/mol. The molecule has 0 saturated carbocycles. The van der Waals surface area contributed by atoms with Crippen LogP contribution in [0.3, 0.4) is 0 Å². The van der Waals surface area contributed by atoms with Gasteiger partial charge in [-0.05, 0) is 59.5 Å². The number of methoxy groups -OCH3 is 1. The molecule has 1 aromatic heterocycles. The Morgan fingerprint density at radius 3 is 2.70 bits per heavy atom. The van der Waals surface area contributed by atoms with E-state index in [0.717, 1.165) is 34.2 Å².